The van der Waals surface area contributed by atoms with E-state index in [1.807, 2.05) is 46.2 Å². The lowest BCUT2D eigenvalue weighted by Gasteiger charge is -2.26. The fourth-order valence-corrected chi connectivity index (χ4v) is 5.09. The maximum Gasteiger partial charge on any atom is 0.309 e. The van der Waals surface area contributed by atoms with Gasteiger partial charge in [-0.2, -0.15) is 5.10 Å². The average molecular weight is 506 g/mol. The molecule has 0 aliphatic carbocycles. The van der Waals surface area contributed by atoms with E-state index in [4.69, 9.17) is 9.84 Å². The number of carbonyl (C=O) groups excluding carboxylic acids is 1. The van der Waals surface area contributed by atoms with E-state index in [-0.39, 0.29) is 23.6 Å². The number of carbonyl (C=O) groups is 1. The molecule has 0 aliphatic rings. The molecule has 0 saturated carbocycles. The van der Waals surface area contributed by atoms with Gasteiger partial charge in [-0.25, -0.2) is 4.39 Å². The summed E-state index contributed by atoms with van der Waals surface area (Å²) in [5, 5.41) is 6.83. The largest absolute Gasteiger partial charge is 0.460 e. The minimum atomic E-state index is -0.455. The fourth-order valence-electron chi connectivity index (χ4n) is 5.09. The molecule has 4 aromatic rings. The number of aromatic nitrogens is 3. The van der Waals surface area contributed by atoms with Crippen LogP contribution in [0.25, 0.3) is 32.9 Å². The van der Waals surface area contributed by atoms with Gasteiger partial charge in [0.15, 0.2) is 0 Å². The van der Waals surface area contributed by atoms with Crippen LogP contribution in [0.2, 0.25) is 0 Å². The lowest BCUT2D eigenvalue weighted by molar-refractivity contribution is -0.161. The number of esters is 1. The highest BCUT2D eigenvalue weighted by Gasteiger charge is 2.26. The van der Waals surface area contributed by atoms with Gasteiger partial charge in [0.2, 0.25) is 0 Å². The second-order valence-electron chi connectivity index (χ2n) is 11.5. The van der Waals surface area contributed by atoms with Crippen LogP contribution in [0, 0.1) is 23.6 Å². The van der Waals surface area contributed by atoms with E-state index in [1.54, 1.807) is 0 Å². The van der Waals surface area contributed by atoms with Crippen molar-refractivity contribution in [1.29, 1.82) is 0 Å². The third-order valence-electron chi connectivity index (χ3n) is 7.39. The van der Waals surface area contributed by atoms with Crippen molar-refractivity contribution in [3.63, 3.8) is 0 Å². The smallest absolute Gasteiger partial charge is 0.309 e. The van der Waals surface area contributed by atoms with Gasteiger partial charge in [-0.3, -0.25) is 9.48 Å². The zero-order valence-electron chi connectivity index (χ0n) is 23.0. The van der Waals surface area contributed by atoms with Gasteiger partial charge in [0, 0.05) is 34.6 Å². The topological polar surface area (TPSA) is 59.9 Å². The number of rotatable bonds is 10. The molecule has 5 nitrogen and oxygen atoms in total. The monoisotopic (exact) mass is 505 g/mol. The highest BCUT2D eigenvalue weighted by molar-refractivity contribution is 5.97. The molecule has 0 aliphatic heterocycles. The van der Waals surface area contributed by atoms with Crippen LogP contribution >= 0.6 is 0 Å². The number of nitrogens with zero attached hydrogens (tertiary/aromatic N) is 2. The number of hydrogen-bond donors (Lipinski definition) is 1. The van der Waals surface area contributed by atoms with Crippen molar-refractivity contribution < 1.29 is 13.9 Å². The van der Waals surface area contributed by atoms with Crippen LogP contribution < -0.4 is 0 Å². The zero-order chi connectivity index (χ0) is 26.7. The van der Waals surface area contributed by atoms with Crippen molar-refractivity contribution in [2.24, 2.45) is 17.8 Å². The van der Waals surface area contributed by atoms with Crippen molar-refractivity contribution >= 4 is 27.8 Å². The molecule has 3 unspecified atom stereocenters. The van der Waals surface area contributed by atoms with Crippen LogP contribution in [-0.2, 0) is 16.1 Å². The van der Waals surface area contributed by atoms with Gasteiger partial charge in [-0.15, -0.1) is 0 Å². The Balaban J connectivity index is 1.45. The summed E-state index contributed by atoms with van der Waals surface area (Å²) in [6.45, 7) is 13.0. The third kappa shape index (κ3) is 6.41. The number of halogens is 1. The number of aromatic amines is 1. The number of nitrogens with one attached hydrogen (secondary N) is 1. The first-order valence-corrected chi connectivity index (χ1v) is 13.5. The first kappa shape index (κ1) is 26.9. The maximum atomic E-state index is 13.6. The molecule has 3 atom stereocenters. The van der Waals surface area contributed by atoms with Crippen molar-refractivity contribution in [2.75, 3.05) is 0 Å². The summed E-state index contributed by atoms with van der Waals surface area (Å²) >= 11 is 0. The first-order chi connectivity index (χ1) is 17.6. The third-order valence-corrected chi connectivity index (χ3v) is 7.39. The van der Waals surface area contributed by atoms with Crippen molar-refractivity contribution in [3.8, 4) is 11.1 Å². The van der Waals surface area contributed by atoms with Crippen LogP contribution in [0.3, 0.4) is 0 Å². The van der Waals surface area contributed by atoms with Gasteiger partial charge < -0.3 is 9.72 Å². The van der Waals surface area contributed by atoms with E-state index in [1.165, 1.54) is 12.1 Å². The molecule has 0 radical (unpaired) electrons. The minimum absolute atomic E-state index is 0.110. The van der Waals surface area contributed by atoms with Crippen molar-refractivity contribution in [2.45, 2.75) is 79.4 Å². The standard InChI is InChI=1S/C31H40FN3O2/c1-7-8-22(10-9-20(2)21(3)30(36)37-31(4,5)6)19-35-29-14-11-23(15-24(29)17-34-35)27-18-33-28-16-25(32)12-13-26(27)28/h11-18,20-22,33H,7-10,19H2,1-6H3. The molecule has 1 N–H and O–H groups in total. The number of hydrogen-bond acceptors (Lipinski definition) is 3. The molecule has 37 heavy (non-hydrogen) atoms. The van der Waals surface area contributed by atoms with Crippen LogP contribution in [0.4, 0.5) is 4.39 Å². The summed E-state index contributed by atoms with van der Waals surface area (Å²) < 4.78 is 21.3. The molecule has 6 heteroatoms. The Labute approximate surface area is 219 Å². The molecule has 2 aromatic carbocycles. The minimum Gasteiger partial charge on any atom is -0.460 e. The molecule has 0 fully saturated rings. The quantitative estimate of drug-likeness (QED) is 0.221. The molecule has 0 spiro atoms. The Bertz CT molecular complexity index is 1360. The summed E-state index contributed by atoms with van der Waals surface area (Å²) in [5.74, 6) is 0.279. The Morgan fingerprint density at radius 3 is 2.62 bits per heavy atom. The molecule has 2 aromatic heterocycles. The molecular weight excluding hydrogens is 465 g/mol. The van der Waals surface area contributed by atoms with Crippen molar-refractivity contribution in [3.05, 3.63) is 54.6 Å². The maximum absolute atomic E-state index is 13.6. The predicted octanol–water partition coefficient (Wildman–Crippen LogP) is 8.13. The molecule has 4 rings (SSSR count). The Kier molecular flexibility index (Phi) is 8.05. The van der Waals surface area contributed by atoms with E-state index in [0.29, 0.717) is 5.92 Å². The van der Waals surface area contributed by atoms with Gasteiger partial charge in [-0.05, 0) is 87.8 Å². The van der Waals surface area contributed by atoms with E-state index >= 15 is 0 Å². The average Bonchev–Trinajstić information content (AvgIpc) is 3.44. The Morgan fingerprint density at radius 1 is 1.11 bits per heavy atom. The van der Waals surface area contributed by atoms with Crippen LogP contribution in [0.5, 0.6) is 0 Å². The lowest BCUT2D eigenvalue weighted by atomic mass is 9.87. The summed E-state index contributed by atoms with van der Waals surface area (Å²) in [5.41, 5.74) is 3.60. The first-order valence-electron chi connectivity index (χ1n) is 13.5. The number of H-pyrrole nitrogens is 1. The number of ether oxygens (including phenoxy) is 1. The second kappa shape index (κ2) is 11.1. The molecule has 0 amide bonds. The van der Waals surface area contributed by atoms with E-state index in [2.05, 4.69) is 41.7 Å². The van der Waals surface area contributed by atoms with Gasteiger partial charge >= 0.3 is 5.97 Å². The zero-order valence-corrected chi connectivity index (χ0v) is 23.0. The highest BCUT2D eigenvalue weighted by Crippen LogP contribution is 2.32. The van der Waals surface area contributed by atoms with Gasteiger partial charge in [0.25, 0.3) is 0 Å². The SMILES string of the molecule is CCCC(CCC(C)C(C)C(=O)OC(C)(C)C)Cn1ncc2cc(-c3c[nH]c4cc(F)ccc34)ccc21. The van der Waals surface area contributed by atoms with E-state index in [9.17, 15) is 9.18 Å². The van der Waals surface area contributed by atoms with Crippen LogP contribution in [0.15, 0.2) is 48.8 Å². The Morgan fingerprint density at radius 2 is 1.89 bits per heavy atom. The van der Waals surface area contributed by atoms with Crippen molar-refractivity contribution in [1.82, 2.24) is 14.8 Å². The normalized spacial score (nSPS) is 14.7. The number of benzene rings is 2. The van der Waals surface area contributed by atoms with Gasteiger partial charge in [0.05, 0.1) is 17.6 Å². The fraction of sp³-hybridized carbons (Fsp3) is 0.484. The summed E-state index contributed by atoms with van der Waals surface area (Å²) in [4.78, 5) is 15.7. The van der Waals surface area contributed by atoms with E-state index < -0.39 is 5.60 Å². The molecular formula is C31H40FN3O2. The molecule has 198 valence electrons. The summed E-state index contributed by atoms with van der Waals surface area (Å²) in [7, 11) is 0. The summed E-state index contributed by atoms with van der Waals surface area (Å²) in [6.07, 6.45) is 8.14. The highest BCUT2D eigenvalue weighted by atomic mass is 19.1. The van der Waals surface area contributed by atoms with Gasteiger partial charge in [0.1, 0.15) is 11.4 Å². The number of fused-ring (bicyclic) bond motifs is 2. The second-order valence-corrected chi connectivity index (χ2v) is 11.5. The van der Waals surface area contributed by atoms with E-state index in [0.717, 1.165) is 65.2 Å². The van der Waals surface area contributed by atoms with Crippen LogP contribution in [-0.4, -0.2) is 26.3 Å². The predicted molar refractivity (Wildman–Crippen MR) is 149 cm³/mol. The summed E-state index contributed by atoms with van der Waals surface area (Å²) in [6, 6.07) is 11.3. The van der Waals surface area contributed by atoms with Crippen LogP contribution in [0.1, 0.15) is 67.2 Å². The molecule has 2 heterocycles. The molecule has 0 bridgehead atoms. The van der Waals surface area contributed by atoms with Gasteiger partial charge in [-0.1, -0.05) is 33.3 Å². The molecule has 0 saturated heterocycles. The lowest BCUT2D eigenvalue weighted by Crippen LogP contribution is -2.30. The Hall–Kier alpha value is -3.15.